The molecule has 1 aliphatic rings. The lowest BCUT2D eigenvalue weighted by Gasteiger charge is -2.37. The van der Waals surface area contributed by atoms with E-state index < -0.39 is 8.32 Å². The Kier molecular flexibility index (Phi) is 8.38. The van der Waals surface area contributed by atoms with Gasteiger partial charge in [0.1, 0.15) is 23.9 Å². The maximum Gasteiger partial charge on any atom is 0.306 e. The number of hydrogen-bond donors (Lipinski definition) is 0. The molecule has 39 heavy (non-hydrogen) atoms. The van der Waals surface area contributed by atoms with Gasteiger partial charge in [0.25, 0.3) is 8.32 Å². The molecule has 1 unspecified atom stereocenters. The van der Waals surface area contributed by atoms with Crippen molar-refractivity contribution >= 4 is 25.9 Å². The first-order valence-corrected chi connectivity index (χ1v) is 16.6. The van der Waals surface area contributed by atoms with Crippen molar-refractivity contribution in [2.45, 2.75) is 71.7 Å². The summed E-state index contributed by atoms with van der Waals surface area (Å²) in [5, 5.41) is 0.756. The molecule has 0 saturated heterocycles. The van der Waals surface area contributed by atoms with E-state index in [0.29, 0.717) is 24.7 Å². The van der Waals surface area contributed by atoms with Crippen LogP contribution in [0.5, 0.6) is 17.2 Å². The monoisotopic (exact) mass is 566 g/mol. The third-order valence-electron chi connectivity index (χ3n) is 7.96. The number of halogens is 1. The van der Waals surface area contributed by atoms with Crippen molar-refractivity contribution < 1.29 is 23.4 Å². The molecule has 7 heteroatoms. The summed E-state index contributed by atoms with van der Waals surface area (Å²) in [6.45, 7) is 16.2. The fourth-order valence-corrected chi connectivity index (χ4v) is 5.92. The number of aryl methyl sites for hydroxylation is 1. The fourth-order valence-electron chi connectivity index (χ4n) is 4.65. The van der Waals surface area contributed by atoms with Gasteiger partial charge in [-0.25, -0.2) is 0 Å². The quantitative estimate of drug-likeness (QED) is 0.202. The molecule has 0 fully saturated rings. The Hall–Kier alpha value is -2.96. The SMILES string of the molecule is COC(=O)CC1COc2cc(OCc3cccc(-c4c(C)cc(O[Si](C)(C)C(C)(C)C)c(Cl)c4C)c3)ccc21. The summed E-state index contributed by atoms with van der Waals surface area (Å²) in [6.07, 6.45) is 0.308. The number of benzene rings is 3. The lowest BCUT2D eigenvalue weighted by atomic mass is 9.94. The van der Waals surface area contributed by atoms with Crippen LogP contribution in [0.15, 0.2) is 48.5 Å². The first-order chi connectivity index (χ1) is 18.3. The van der Waals surface area contributed by atoms with Crippen molar-refractivity contribution in [2.24, 2.45) is 0 Å². The Balaban J connectivity index is 1.51. The van der Waals surface area contributed by atoms with E-state index in [4.69, 9.17) is 30.2 Å². The molecule has 0 aromatic heterocycles. The molecule has 1 atom stereocenters. The molecule has 0 saturated carbocycles. The average Bonchev–Trinajstić information content (AvgIpc) is 3.27. The molecule has 1 heterocycles. The van der Waals surface area contributed by atoms with E-state index in [0.717, 1.165) is 50.6 Å². The van der Waals surface area contributed by atoms with Gasteiger partial charge in [-0.15, -0.1) is 0 Å². The van der Waals surface area contributed by atoms with Gasteiger partial charge in [-0.1, -0.05) is 56.6 Å². The molecule has 0 radical (unpaired) electrons. The van der Waals surface area contributed by atoms with Crippen LogP contribution in [0.3, 0.4) is 0 Å². The number of fused-ring (bicyclic) bond motifs is 1. The highest BCUT2D eigenvalue weighted by atomic mass is 35.5. The molecule has 3 aromatic rings. The smallest absolute Gasteiger partial charge is 0.306 e. The summed E-state index contributed by atoms with van der Waals surface area (Å²) in [5.41, 5.74) is 6.41. The second-order valence-corrected chi connectivity index (χ2v) is 16.9. The van der Waals surface area contributed by atoms with Crippen molar-refractivity contribution in [1.82, 2.24) is 0 Å². The summed E-state index contributed by atoms with van der Waals surface area (Å²) in [7, 11) is -0.617. The summed E-state index contributed by atoms with van der Waals surface area (Å²) in [4.78, 5) is 11.7. The Bertz CT molecular complexity index is 1380. The van der Waals surface area contributed by atoms with Crippen LogP contribution in [0.1, 0.15) is 55.4 Å². The number of methoxy groups -OCH3 is 1. The minimum Gasteiger partial charge on any atom is -0.542 e. The van der Waals surface area contributed by atoms with Crippen molar-refractivity contribution in [1.29, 1.82) is 0 Å². The third-order valence-corrected chi connectivity index (χ3v) is 12.8. The van der Waals surface area contributed by atoms with Crippen LogP contribution < -0.4 is 13.9 Å². The van der Waals surface area contributed by atoms with Crippen LogP contribution >= 0.6 is 11.6 Å². The molecule has 4 rings (SSSR count). The maximum atomic E-state index is 11.7. The van der Waals surface area contributed by atoms with Gasteiger partial charge in [0.05, 0.1) is 25.2 Å². The molecule has 1 aliphatic heterocycles. The minimum absolute atomic E-state index is 0.00940. The third kappa shape index (κ3) is 6.28. The van der Waals surface area contributed by atoms with Crippen molar-refractivity contribution in [3.63, 3.8) is 0 Å². The van der Waals surface area contributed by atoms with Crippen LogP contribution in [0, 0.1) is 13.8 Å². The topological polar surface area (TPSA) is 54.0 Å². The zero-order valence-corrected chi connectivity index (χ0v) is 26.0. The number of rotatable bonds is 8. The van der Waals surface area contributed by atoms with Gasteiger partial charge >= 0.3 is 5.97 Å². The highest BCUT2D eigenvalue weighted by Gasteiger charge is 2.39. The molecule has 208 valence electrons. The normalized spacial score (nSPS) is 14.9. The fraction of sp³-hybridized carbons (Fsp3) is 0.406. The van der Waals surface area contributed by atoms with Gasteiger partial charge in [0.15, 0.2) is 0 Å². The zero-order chi connectivity index (χ0) is 28.5. The van der Waals surface area contributed by atoms with Crippen LogP contribution in [-0.2, 0) is 16.1 Å². The van der Waals surface area contributed by atoms with E-state index in [1.807, 2.05) is 24.3 Å². The number of esters is 1. The van der Waals surface area contributed by atoms with Crippen LogP contribution in [0.25, 0.3) is 11.1 Å². The van der Waals surface area contributed by atoms with Gasteiger partial charge in [-0.2, -0.15) is 0 Å². The standard InChI is InChI=1S/C32H39ClO5Si/c1-20-14-28(38-39(7,8)32(3,4)5)31(33)21(2)30(20)23-11-9-10-22(15-23)18-36-25-12-13-26-24(16-29(34)35-6)19-37-27(26)17-25/h9-15,17,24H,16,18-19H2,1-8H3. The van der Waals surface area contributed by atoms with Gasteiger partial charge in [0.2, 0.25) is 0 Å². The zero-order valence-electron chi connectivity index (χ0n) is 24.2. The van der Waals surface area contributed by atoms with Crippen LogP contribution in [-0.4, -0.2) is 28.0 Å². The second kappa shape index (κ2) is 11.3. The number of carbonyl (C=O) groups excluding carboxylic acids is 1. The van der Waals surface area contributed by atoms with E-state index in [2.05, 4.69) is 72.0 Å². The van der Waals surface area contributed by atoms with Crippen LogP contribution in [0.2, 0.25) is 23.2 Å². The van der Waals surface area contributed by atoms with E-state index >= 15 is 0 Å². The summed E-state index contributed by atoms with van der Waals surface area (Å²) in [6, 6.07) is 16.2. The predicted octanol–water partition coefficient (Wildman–Crippen LogP) is 8.63. The van der Waals surface area contributed by atoms with Crippen molar-refractivity contribution in [3.8, 4) is 28.4 Å². The van der Waals surface area contributed by atoms with Gasteiger partial charge in [0, 0.05) is 17.5 Å². The van der Waals surface area contributed by atoms with Crippen LogP contribution in [0.4, 0.5) is 0 Å². The molecule has 0 amide bonds. The molecule has 0 aliphatic carbocycles. The first-order valence-electron chi connectivity index (χ1n) is 13.3. The lowest BCUT2D eigenvalue weighted by molar-refractivity contribution is -0.141. The predicted molar refractivity (Wildman–Crippen MR) is 160 cm³/mol. The van der Waals surface area contributed by atoms with Gasteiger partial charge in [-0.05, 0) is 78.0 Å². The Morgan fingerprint density at radius 3 is 2.54 bits per heavy atom. The second-order valence-electron chi connectivity index (χ2n) is 11.8. The maximum absolute atomic E-state index is 11.7. The molecule has 0 spiro atoms. The molecule has 3 aromatic carbocycles. The highest BCUT2D eigenvalue weighted by Crippen LogP contribution is 2.43. The summed E-state index contributed by atoms with van der Waals surface area (Å²) >= 11 is 6.89. The Labute approximate surface area is 238 Å². The van der Waals surface area contributed by atoms with E-state index in [-0.39, 0.29) is 16.9 Å². The molecular formula is C32H39ClO5Si. The lowest BCUT2D eigenvalue weighted by Crippen LogP contribution is -2.44. The Morgan fingerprint density at radius 1 is 1.10 bits per heavy atom. The Morgan fingerprint density at radius 2 is 1.85 bits per heavy atom. The van der Waals surface area contributed by atoms with Crippen molar-refractivity contribution in [2.75, 3.05) is 13.7 Å². The first kappa shape index (κ1) is 29.0. The average molecular weight is 567 g/mol. The summed E-state index contributed by atoms with van der Waals surface area (Å²) in [5.74, 6) is 2.03. The molecule has 0 N–H and O–H groups in total. The minimum atomic E-state index is -2.02. The van der Waals surface area contributed by atoms with E-state index in [1.165, 1.54) is 7.11 Å². The molecular weight excluding hydrogens is 528 g/mol. The molecule has 0 bridgehead atoms. The number of carbonyl (C=O) groups is 1. The van der Waals surface area contributed by atoms with Gasteiger partial charge < -0.3 is 18.6 Å². The number of hydrogen-bond acceptors (Lipinski definition) is 5. The van der Waals surface area contributed by atoms with Gasteiger partial charge in [-0.3, -0.25) is 4.79 Å². The highest BCUT2D eigenvalue weighted by molar-refractivity contribution is 6.74. The van der Waals surface area contributed by atoms with E-state index in [9.17, 15) is 4.79 Å². The number of ether oxygens (including phenoxy) is 3. The molecule has 5 nitrogen and oxygen atoms in total. The summed E-state index contributed by atoms with van der Waals surface area (Å²) < 4.78 is 23.3. The van der Waals surface area contributed by atoms with Crippen molar-refractivity contribution in [3.05, 3.63) is 75.8 Å². The largest absolute Gasteiger partial charge is 0.542 e. The van der Waals surface area contributed by atoms with E-state index in [1.54, 1.807) is 0 Å².